The molecule has 0 aliphatic carbocycles. The first-order valence-corrected chi connectivity index (χ1v) is 7.84. The number of thiophene rings is 1. The molecule has 0 saturated carbocycles. The molecule has 0 spiro atoms. The number of hydrogen-bond donors (Lipinski definition) is 2. The average Bonchev–Trinajstić information content (AvgIpc) is 2.61. The lowest BCUT2D eigenvalue weighted by molar-refractivity contribution is 0.228. The summed E-state index contributed by atoms with van der Waals surface area (Å²) in [5.74, 6) is 0.0446. The normalized spacial score (nSPS) is 14.3. The second-order valence-corrected chi connectivity index (χ2v) is 8.12. The van der Waals surface area contributed by atoms with Crippen LogP contribution < -0.4 is 4.72 Å². The molecule has 16 heavy (non-hydrogen) atoms. The second-order valence-electron chi connectivity index (χ2n) is 3.71. The van der Waals surface area contributed by atoms with Crippen LogP contribution in [0.1, 0.15) is 13.8 Å². The van der Waals surface area contributed by atoms with Crippen molar-refractivity contribution in [2.24, 2.45) is 5.92 Å². The lowest BCUT2D eigenvalue weighted by atomic mass is 10.1. The summed E-state index contributed by atoms with van der Waals surface area (Å²) < 4.78 is 27.3. The van der Waals surface area contributed by atoms with Crippen LogP contribution in [0.2, 0.25) is 0 Å². The van der Waals surface area contributed by atoms with Gasteiger partial charge < -0.3 is 5.11 Å². The van der Waals surface area contributed by atoms with Gasteiger partial charge in [-0.15, -0.1) is 11.3 Å². The maximum absolute atomic E-state index is 11.9. The molecule has 0 fully saturated rings. The van der Waals surface area contributed by atoms with Crippen molar-refractivity contribution in [3.05, 3.63) is 15.9 Å². The minimum absolute atomic E-state index is 0.0446. The molecule has 0 amide bonds. The zero-order valence-corrected chi connectivity index (χ0v) is 12.2. The Balaban J connectivity index is 2.87. The van der Waals surface area contributed by atoms with E-state index in [1.54, 1.807) is 6.07 Å². The Morgan fingerprint density at radius 3 is 2.50 bits per heavy atom. The van der Waals surface area contributed by atoms with Crippen LogP contribution in [0, 0.1) is 5.92 Å². The van der Waals surface area contributed by atoms with Crippen LogP contribution in [0.15, 0.2) is 20.1 Å². The number of hydrogen-bond acceptors (Lipinski definition) is 4. The molecule has 1 aromatic heterocycles. The van der Waals surface area contributed by atoms with E-state index >= 15 is 0 Å². The largest absolute Gasteiger partial charge is 0.395 e. The summed E-state index contributed by atoms with van der Waals surface area (Å²) in [7, 11) is -3.52. The topological polar surface area (TPSA) is 66.4 Å². The fraction of sp³-hybridized carbons (Fsp3) is 0.556. The van der Waals surface area contributed by atoms with Crippen molar-refractivity contribution in [1.29, 1.82) is 0 Å². The van der Waals surface area contributed by atoms with E-state index in [9.17, 15) is 8.42 Å². The summed E-state index contributed by atoms with van der Waals surface area (Å²) in [6.07, 6.45) is 0. The molecular weight excluding hydrogens is 314 g/mol. The van der Waals surface area contributed by atoms with E-state index in [1.807, 2.05) is 13.8 Å². The number of nitrogens with one attached hydrogen (secondary N) is 1. The highest BCUT2D eigenvalue weighted by Crippen LogP contribution is 2.26. The van der Waals surface area contributed by atoms with Crippen molar-refractivity contribution >= 4 is 37.3 Å². The van der Waals surface area contributed by atoms with Crippen LogP contribution in [-0.4, -0.2) is 26.2 Å². The van der Waals surface area contributed by atoms with Gasteiger partial charge in [0.1, 0.15) is 4.21 Å². The molecule has 0 bridgehead atoms. The highest BCUT2D eigenvalue weighted by atomic mass is 79.9. The first kappa shape index (κ1) is 14.1. The van der Waals surface area contributed by atoms with Crippen LogP contribution in [0.25, 0.3) is 0 Å². The molecule has 0 saturated heterocycles. The third-order valence-electron chi connectivity index (χ3n) is 2.12. The Kier molecular flexibility index (Phi) is 4.93. The van der Waals surface area contributed by atoms with Crippen LogP contribution in [0.4, 0.5) is 0 Å². The van der Waals surface area contributed by atoms with Gasteiger partial charge in [-0.25, -0.2) is 13.1 Å². The molecule has 1 aromatic rings. The Bertz CT molecular complexity index is 441. The summed E-state index contributed by atoms with van der Waals surface area (Å²) in [5, 5.41) is 9.08. The molecule has 0 aromatic carbocycles. The van der Waals surface area contributed by atoms with Gasteiger partial charge in [0.15, 0.2) is 0 Å². The van der Waals surface area contributed by atoms with E-state index in [0.29, 0.717) is 0 Å². The molecule has 0 unspecified atom stereocenters. The third-order valence-corrected chi connectivity index (χ3v) is 5.73. The predicted octanol–water partition coefficient (Wildman–Crippen LogP) is 1.81. The number of sulfonamides is 1. The molecule has 2 N–H and O–H groups in total. The van der Waals surface area contributed by atoms with Crippen LogP contribution in [0.3, 0.4) is 0 Å². The van der Waals surface area contributed by atoms with E-state index in [4.69, 9.17) is 5.11 Å². The van der Waals surface area contributed by atoms with Crippen molar-refractivity contribution in [2.45, 2.75) is 24.1 Å². The van der Waals surface area contributed by atoms with Gasteiger partial charge in [0.2, 0.25) is 10.0 Å². The van der Waals surface area contributed by atoms with Crippen LogP contribution in [0.5, 0.6) is 0 Å². The van der Waals surface area contributed by atoms with E-state index in [1.165, 1.54) is 6.07 Å². The summed E-state index contributed by atoms with van der Waals surface area (Å²) in [5.41, 5.74) is 0. The second kappa shape index (κ2) is 5.59. The highest BCUT2D eigenvalue weighted by Gasteiger charge is 2.23. The maximum atomic E-state index is 11.9. The number of rotatable bonds is 5. The molecule has 4 nitrogen and oxygen atoms in total. The van der Waals surface area contributed by atoms with Gasteiger partial charge >= 0.3 is 0 Å². The summed E-state index contributed by atoms with van der Waals surface area (Å²) >= 11 is 4.36. The Morgan fingerprint density at radius 2 is 2.12 bits per heavy atom. The van der Waals surface area contributed by atoms with E-state index in [2.05, 4.69) is 20.7 Å². The molecule has 0 aliphatic rings. The smallest absolute Gasteiger partial charge is 0.250 e. The summed E-state index contributed by atoms with van der Waals surface area (Å²) in [4.78, 5) is 0. The monoisotopic (exact) mass is 327 g/mol. The summed E-state index contributed by atoms with van der Waals surface area (Å²) in [6.45, 7) is 3.50. The van der Waals surface area contributed by atoms with Gasteiger partial charge in [-0.2, -0.15) is 0 Å². The molecule has 1 rings (SSSR count). The zero-order valence-electron chi connectivity index (χ0n) is 8.97. The van der Waals surface area contributed by atoms with Crippen LogP contribution in [-0.2, 0) is 10.0 Å². The first-order chi connectivity index (χ1) is 7.36. The minimum Gasteiger partial charge on any atom is -0.395 e. The predicted molar refractivity (Wildman–Crippen MR) is 68.1 cm³/mol. The van der Waals surface area contributed by atoms with Crippen molar-refractivity contribution < 1.29 is 13.5 Å². The SMILES string of the molecule is CC(C)[C@@H](CO)NS(=O)(=O)c1ccc(Br)s1. The molecule has 1 heterocycles. The lowest BCUT2D eigenvalue weighted by Gasteiger charge is -2.19. The van der Waals surface area contributed by atoms with E-state index in [0.717, 1.165) is 15.1 Å². The van der Waals surface area contributed by atoms with Crippen molar-refractivity contribution in [3.8, 4) is 0 Å². The van der Waals surface area contributed by atoms with Gasteiger partial charge in [0, 0.05) is 6.04 Å². The van der Waals surface area contributed by atoms with Gasteiger partial charge in [0.05, 0.1) is 10.4 Å². The average molecular weight is 328 g/mol. The third kappa shape index (κ3) is 3.53. The highest BCUT2D eigenvalue weighted by molar-refractivity contribution is 9.11. The van der Waals surface area contributed by atoms with Gasteiger partial charge in [0.25, 0.3) is 0 Å². The molecule has 7 heteroatoms. The first-order valence-electron chi connectivity index (χ1n) is 4.75. The minimum atomic E-state index is -3.52. The molecule has 92 valence electrons. The maximum Gasteiger partial charge on any atom is 0.250 e. The number of aliphatic hydroxyl groups is 1. The Hall–Kier alpha value is 0.0500. The molecule has 0 aliphatic heterocycles. The molecule has 0 radical (unpaired) electrons. The molecule has 1 atom stereocenters. The number of halogens is 1. The van der Waals surface area contributed by atoms with Gasteiger partial charge in [-0.1, -0.05) is 13.8 Å². The lowest BCUT2D eigenvalue weighted by Crippen LogP contribution is -2.40. The van der Waals surface area contributed by atoms with Gasteiger partial charge in [-0.05, 0) is 34.0 Å². The van der Waals surface area contributed by atoms with E-state index in [-0.39, 0.29) is 16.7 Å². The summed E-state index contributed by atoms with van der Waals surface area (Å²) in [6, 6.07) is 2.76. The Morgan fingerprint density at radius 1 is 1.50 bits per heavy atom. The Labute approximate surface area is 108 Å². The quantitative estimate of drug-likeness (QED) is 0.866. The van der Waals surface area contributed by atoms with Crippen molar-refractivity contribution in [1.82, 2.24) is 4.72 Å². The van der Waals surface area contributed by atoms with Gasteiger partial charge in [-0.3, -0.25) is 0 Å². The standard InChI is InChI=1S/C9H14BrNO3S2/c1-6(2)7(5-12)11-16(13,14)9-4-3-8(10)15-9/h3-4,6-7,11-12H,5H2,1-2H3/t7-/m1/s1. The van der Waals surface area contributed by atoms with Crippen LogP contribution >= 0.6 is 27.3 Å². The van der Waals surface area contributed by atoms with Crippen molar-refractivity contribution in [2.75, 3.05) is 6.61 Å². The molecular formula is C9H14BrNO3S2. The number of aliphatic hydroxyl groups excluding tert-OH is 1. The fourth-order valence-electron chi connectivity index (χ4n) is 1.08. The fourth-order valence-corrected chi connectivity index (χ4v) is 4.49. The van der Waals surface area contributed by atoms with E-state index < -0.39 is 16.1 Å². The van der Waals surface area contributed by atoms with Crippen molar-refractivity contribution in [3.63, 3.8) is 0 Å². The zero-order chi connectivity index (χ0) is 12.3.